The third kappa shape index (κ3) is 1.18. The van der Waals surface area contributed by atoms with Crippen molar-refractivity contribution in [1.29, 1.82) is 0 Å². The summed E-state index contributed by atoms with van der Waals surface area (Å²) in [6, 6.07) is -0.704. The summed E-state index contributed by atoms with van der Waals surface area (Å²) in [7, 11) is 1.43. The Balaban J connectivity index is 3.06. The molecule has 1 rings (SSSR count). The van der Waals surface area contributed by atoms with Gasteiger partial charge in [0.05, 0.1) is 0 Å². The average Bonchev–Trinajstić information content (AvgIpc) is 2.14. The first kappa shape index (κ1) is 9.94. The Morgan fingerprint density at radius 2 is 1.77 bits per heavy atom. The third-order valence-corrected chi connectivity index (χ3v) is 2.30. The van der Waals surface area contributed by atoms with Crippen LogP contribution < -0.4 is 0 Å². The summed E-state index contributed by atoms with van der Waals surface area (Å²) in [4.78, 5) is 24.3. The van der Waals surface area contributed by atoms with Gasteiger partial charge in [0.1, 0.15) is 5.54 Å². The Morgan fingerprint density at radius 1 is 1.31 bits per heavy atom. The number of amides is 3. The molecule has 2 N–H and O–H groups in total. The summed E-state index contributed by atoms with van der Waals surface area (Å²) in [5.41, 5.74) is -1.01. The summed E-state index contributed by atoms with van der Waals surface area (Å²) in [6.07, 6.45) is -2.07. The molecule has 0 radical (unpaired) electrons. The fourth-order valence-electron chi connectivity index (χ4n) is 1.13. The molecular weight excluding hydrogens is 176 g/mol. The Morgan fingerprint density at radius 3 is 1.92 bits per heavy atom. The number of hydrogen-bond donors (Lipinski definition) is 2. The lowest BCUT2D eigenvalue weighted by atomic mass is 10.1. The van der Waals surface area contributed by atoms with Crippen LogP contribution in [0.25, 0.3) is 0 Å². The fraction of sp³-hybridized carbons (Fsp3) is 0.714. The van der Waals surface area contributed by atoms with Crippen molar-refractivity contribution >= 4 is 11.9 Å². The van der Waals surface area contributed by atoms with Crippen LogP contribution in [-0.2, 0) is 4.79 Å². The van der Waals surface area contributed by atoms with E-state index in [1.165, 1.54) is 20.9 Å². The van der Waals surface area contributed by atoms with E-state index in [0.29, 0.717) is 4.90 Å². The van der Waals surface area contributed by atoms with Crippen molar-refractivity contribution in [1.82, 2.24) is 9.80 Å². The molecule has 1 heterocycles. The Labute approximate surface area is 75.4 Å². The minimum atomic E-state index is -2.07. The molecule has 0 saturated carbocycles. The molecule has 0 aromatic carbocycles. The van der Waals surface area contributed by atoms with E-state index in [2.05, 4.69) is 0 Å². The molecule has 6 heteroatoms. The maximum absolute atomic E-state index is 11.4. The highest BCUT2D eigenvalue weighted by Gasteiger charge is 2.51. The normalized spacial score (nSPS) is 22.0. The minimum Gasteiger partial charge on any atom is -0.351 e. The van der Waals surface area contributed by atoms with Crippen molar-refractivity contribution in [2.24, 2.45) is 0 Å². The molecule has 0 aliphatic carbocycles. The van der Waals surface area contributed by atoms with Crippen molar-refractivity contribution in [3.8, 4) is 0 Å². The molecule has 0 bridgehead atoms. The third-order valence-electron chi connectivity index (χ3n) is 2.30. The summed E-state index contributed by atoms with van der Waals surface area (Å²) in [5.74, 6) is -0.616. The predicted molar refractivity (Wildman–Crippen MR) is 42.3 cm³/mol. The first-order valence-corrected chi connectivity index (χ1v) is 3.77. The van der Waals surface area contributed by atoms with Gasteiger partial charge in [-0.15, -0.1) is 0 Å². The standard InChI is InChI=1S/C7H12N2O4/c1-7(2)4(10)9(6(12)13)5(11)8(7)3/h6,12-13H,1-3H3. The highest BCUT2D eigenvalue weighted by Crippen LogP contribution is 2.26. The molecule has 1 aliphatic heterocycles. The molecule has 0 spiro atoms. The van der Waals surface area contributed by atoms with Gasteiger partial charge in [-0.2, -0.15) is 0 Å². The highest BCUT2D eigenvalue weighted by molar-refractivity contribution is 6.06. The van der Waals surface area contributed by atoms with Crippen LogP contribution >= 0.6 is 0 Å². The van der Waals surface area contributed by atoms with E-state index in [-0.39, 0.29) is 0 Å². The van der Waals surface area contributed by atoms with Gasteiger partial charge in [-0.3, -0.25) is 4.79 Å². The van der Waals surface area contributed by atoms with Gasteiger partial charge >= 0.3 is 6.03 Å². The SMILES string of the molecule is CN1C(=O)N(C(O)O)C(=O)C1(C)C. The number of nitrogens with zero attached hydrogens (tertiary/aromatic N) is 2. The molecular formula is C7H12N2O4. The van der Waals surface area contributed by atoms with Crippen LogP contribution in [-0.4, -0.2) is 51.0 Å². The van der Waals surface area contributed by atoms with Gasteiger partial charge in [0, 0.05) is 7.05 Å². The van der Waals surface area contributed by atoms with Crippen LogP contribution in [0.3, 0.4) is 0 Å². The summed E-state index contributed by atoms with van der Waals surface area (Å²) >= 11 is 0. The molecule has 1 saturated heterocycles. The van der Waals surface area contributed by atoms with E-state index in [0.717, 1.165) is 4.90 Å². The summed E-state index contributed by atoms with van der Waals surface area (Å²) in [5, 5.41) is 17.5. The van der Waals surface area contributed by atoms with Crippen LogP contribution in [0, 0.1) is 0 Å². The number of imide groups is 1. The second kappa shape index (κ2) is 2.68. The van der Waals surface area contributed by atoms with Crippen molar-refractivity contribution in [3.63, 3.8) is 0 Å². The zero-order valence-electron chi connectivity index (χ0n) is 7.68. The minimum absolute atomic E-state index is 0.417. The number of hydrogen-bond acceptors (Lipinski definition) is 4. The number of likely N-dealkylation sites (N-methyl/N-ethyl adjacent to an activating group) is 1. The molecule has 0 aromatic rings. The lowest BCUT2D eigenvalue weighted by Crippen LogP contribution is -2.43. The molecule has 0 unspecified atom stereocenters. The molecule has 1 aliphatic rings. The Kier molecular flexibility index (Phi) is 2.05. The van der Waals surface area contributed by atoms with Gasteiger partial charge < -0.3 is 15.1 Å². The first-order valence-electron chi connectivity index (χ1n) is 3.77. The van der Waals surface area contributed by atoms with Crippen molar-refractivity contribution in [2.45, 2.75) is 25.8 Å². The zero-order chi connectivity index (χ0) is 10.4. The van der Waals surface area contributed by atoms with Gasteiger partial charge in [0.15, 0.2) is 0 Å². The quantitative estimate of drug-likeness (QED) is 0.405. The predicted octanol–water partition coefficient (Wildman–Crippen LogP) is -1.07. The second-order valence-corrected chi connectivity index (χ2v) is 3.42. The average molecular weight is 188 g/mol. The van der Waals surface area contributed by atoms with Gasteiger partial charge in [-0.05, 0) is 13.8 Å². The fourth-order valence-corrected chi connectivity index (χ4v) is 1.13. The van der Waals surface area contributed by atoms with E-state index < -0.39 is 23.9 Å². The van der Waals surface area contributed by atoms with E-state index in [4.69, 9.17) is 10.2 Å². The highest BCUT2D eigenvalue weighted by atomic mass is 16.5. The summed E-state index contributed by atoms with van der Waals surface area (Å²) in [6.45, 7) is 3.07. The number of carbonyl (C=O) groups excluding carboxylic acids is 2. The van der Waals surface area contributed by atoms with Crippen LogP contribution in [0.15, 0.2) is 0 Å². The number of carbonyl (C=O) groups is 2. The molecule has 0 aromatic heterocycles. The lowest BCUT2D eigenvalue weighted by Gasteiger charge is -2.22. The zero-order valence-corrected chi connectivity index (χ0v) is 7.68. The van der Waals surface area contributed by atoms with Crippen LogP contribution in [0.5, 0.6) is 0 Å². The van der Waals surface area contributed by atoms with Gasteiger partial charge in [0.25, 0.3) is 5.91 Å². The van der Waals surface area contributed by atoms with E-state index in [9.17, 15) is 9.59 Å². The maximum atomic E-state index is 11.4. The van der Waals surface area contributed by atoms with Gasteiger partial charge in [-0.25, -0.2) is 9.69 Å². The number of rotatable bonds is 1. The van der Waals surface area contributed by atoms with Crippen molar-refractivity contribution in [3.05, 3.63) is 0 Å². The van der Waals surface area contributed by atoms with Crippen LogP contribution in [0.2, 0.25) is 0 Å². The topological polar surface area (TPSA) is 81.1 Å². The Hall–Kier alpha value is -1.14. The maximum Gasteiger partial charge on any atom is 0.331 e. The van der Waals surface area contributed by atoms with Crippen molar-refractivity contribution < 1.29 is 19.8 Å². The molecule has 1 fully saturated rings. The largest absolute Gasteiger partial charge is 0.351 e. The number of aliphatic hydroxyl groups is 2. The van der Waals surface area contributed by atoms with E-state index >= 15 is 0 Å². The van der Waals surface area contributed by atoms with Gasteiger partial charge in [-0.1, -0.05) is 0 Å². The van der Waals surface area contributed by atoms with Gasteiger partial charge in [0.2, 0.25) is 6.41 Å². The number of urea groups is 1. The number of aliphatic hydroxyl groups excluding tert-OH is 1. The van der Waals surface area contributed by atoms with E-state index in [1.54, 1.807) is 0 Å². The molecule has 74 valence electrons. The molecule has 3 amide bonds. The smallest absolute Gasteiger partial charge is 0.331 e. The van der Waals surface area contributed by atoms with Crippen LogP contribution in [0.4, 0.5) is 4.79 Å². The first-order chi connectivity index (χ1) is 5.80. The summed E-state index contributed by atoms with van der Waals surface area (Å²) < 4.78 is 0. The van der Waals surface area contributed by atoms with E-state index in [1.807, 2.05) is 0 Å². The molecule has 13 heavy (non-hydrogen) atoms. The second-order valence-electron chi connectivity index (χ2n) is 3.42. The monoisotopic (exact) mass is 188 g/mol. The molecule has 6 nitrogen and oxygen atoms in total. The molecule has 0 atom stereocenters. The van der Waals surface area contributed by atoms with Crippen molar-refractivity contribution in [2.75, 3.05) is 7.05 Å². The Bertz CT molecular complexity index is 261. The lowest BCUT2D eigenvalue weighted by molar-refractivity contribution is -0.162. The van der Waals surface area contributed by atoms with Crippen LogP contribution in [0.1, 0.15) is 13.8 Å².